The van der Waals surface area contributed by atoms with Gasteiger partial charge in [-0.05, 0) is 37.8 Å². The molecule has 0 aliphatic rings. The SMILES string of the molecule is CC(C)(C)c1cccnn1.Cc1nocc1C(C)C.Cc1oncc1C(C)C. The average Bonchev–Trinajstić information content (AvgIpc) is 3.24. The predicted molar refractivity (Wildman–Crippen MR) is 111 cm³/mol. The van der Waals surface area contributed by atoms with Crippen LogP contribution >= 0.6 is 0 Å². The highest BCUT2D eigenvalue weighted by atomic mass is 16.5. The third-order valence-electron chi connectivity index (χ3n) is 4.16. The van der Waals surface area contributed by atoms with Crippen LogP contribution in [0.5, 0.6) is 0 Å². The highest BCUT2D eigenvalue weighted by Crippen LogP contribution is 2.18. The van der Waals surface area contributed by atoms with E-state index in [0.29, 0.717) is 11.8 Å². The maximum Gasteiger partial charge on any atom is 0.137 e. The van der Waals surface area contributed by atoms with Gasteiger partial charge in [0.15, 0.2) is 0 Å². The zero-order valence-electron chi connectivity index (χ0n) is 18.6. The molecule has 3 heterocycles. The summed E-state index contributed by atoms with van der Waals surface area (Å²) < 4.78 is 9.63. The summed E-state index contributed by atoms with van der Waals surface area (Å²) in [5, 5.41) is 15.2. The van der Waals surface area contributed by atoms with Crippen LogP contribution < -0.4 is 0 Å². The minimum atomic E-state index is 0.119. The monoisotopic (exact) mass is 386 g/mol. The highest BCUT2D eigenvalue weighted by molar-refractivity contribution is 5.16. The molecule has 0 saturated heterocycles. The zero-order valence-corrected chi connectivity index (χ0v) is 18.6. The number of aromatic nitrogens is 4. The molecular formula is C22H34N4O2. The van der Waals surface area contributed by atoms with Gasteiger partial charge in [0.25, 0.3) is 0 Å². The maximum absolute atomic E-state index is 4.88. The molecule has 3 rings (SSSR count). The summed E-state index contributed by atoms with van der Waals surface area (Å²) in [6, 6.07) is 3.90. The van der Waals surface area contributed by atoms with Gasteiger partial charge in [0.2, 0.25) is 0 Å². The van der Waals surface area contributed by atoms with E-state index in [0.717, 1.165) is 17.1 Å². The lowest BCUT2D eigenvalue weighted by atomic mass is 9.92. The van der Waals surface area contributed by atoms with E-state index in [2.05, 4.69) is 69.0 Å². The summed E-state index contributed by atoms with van der Waals surface area (Å²) in [5.74, 6) is 1.98. The Kier molecular flexibility index (Phi) is 9.03. The van der Waals surface area contributed by atoms with Crippen molar-refractivity contribution in [1.29, 1.82) is 0 Å². The third-order valence-corrected chi connectivity index (χ3v) is 4.16. The quantitative estimate of drug-likeness (QED) is 0.538. The molecule has 0 amide bonds. The minimum Gasteiger partial charge on any atom is -0.364 e. The fraction of sp³-hybridized carbons (Fsp3) is 0.545. The Hall–Kier alpha value is -2.50. The smallest absolute Gasteiger partial charge is 0.137 e. The molecule has 0 saturated carbocycles. The van der Waals surface area contributed by atoms with E-state index in [-0.39, 0.29) is 5.41 Å². The summed E-state index contributed by atoms with van der Waals surface area (Å²) in [5.41, 5.74) is 4.57. The van der Waals surface area contributed by atoms with Crippen molar-refractivity contribution in [2.24, 2.45) is 0 Å². The van der Waals surface area contributed by atoms with Crippen LogP contribution in [0.3, 0.4) is 0 Å². The topological polar surface area (TPSA) is 77.8 Å². The summed E-state index contributed by atoms with van der Waals surface area (Å²) in [6.07, 6.45) is 5.18. The molecule has 0 atom stereocenters. The summed E-state index contributed by atoms with van der Waals surface area (Å²) in [4.78, 5) is 0. The molecule has 0 radical (unpaired) electrons. The number of nitrogens with zero attached hydrogens (tertiary/aromatic N) is 4. The van der Waals surface area contributed by atoms with Crippen LogP contribution in [0.2, 0.25) is 0 Å². The van der Waals surface area contributed by atoms with Crippen molar-refractivity contribution in [3.63, 3.8) is 0 Å². The normalized spacial score (nSPS) is 11.0. The van der Waals surface area contributed by atoms with Crippen molar-refractivity contribution in [1.82, 2.24) is 20.5 Å². The molecule has 0 aliphatic heterocycles. The fourth-order valence-electron chi connectivity index (χ4n) is 2.42. The van der Waals surface area contributed by atoms with Crippen molar-refractivity contribution in [2.45, 2.75) is 79.6 Å². The molecule has 28 heavy (non-hydrogen) atoms. The Morgan fingerprint density at radius 1 is 0.964 bits per heavy atom. The van der Waals surface area contributed by atoms with Gasteiger partial charge in [-0.25, -0.2) is 0 Å². The first-order valence-corrected chi connectivity index (χ1v) is 9.64. The van der Waals surface area contributed by atoms with Crippen LogP contribution in [-0.4, -0.2) is 20.5 Å². The Bertz CT molecular complexity index is 755. The average molecular weight is 387 g/mol. The molecule has 3 aromatic rings. The Morgan fingerprint density at radius 2 is 1.61 bits per heavy atom. The Labute approximate surface area is 168 Å². The first-order chi connectivity index (χ1) is 13.0. The van der Waals surface area contributed by atoms with Gasteiger partial charge in [-0.15, -0.1) is 0 Å². The van der Waals surface area contributed by atoms with Gasteiger partial charge in [-0.1, -0.05) is 58.8 Å². The van der Waals surface area contributed by atoms with Gasteiger partial charge in [0.05, 0.1) is 17.6 Å². The van der Waals surface area contributed by atoms with E-state index in [9.17, 15) is 0 Å². The Morgan fingerprint density at radius 3 is 1.86 bits per heavy atom. The standard InChI is InChI=1S/C8H12N2.2C7H11NO/c1-8(2,3)7-5-4-6-9-10-7;1-5(2)7-4-9-8-6(7)3;1-5(2)7-4-8-9-6(7)3/h4-6H,1-3H3;2*4-5H,1-3H3. The number of hydrogen-bond acceptors (Lipinski definition) is 6. The van der Waals surface area contributed by atoms with Crippen LogP contribution in [-0.2, 0) is 5.41 Å². The molecule has 0 N–H and O–H groups in total. The first-order valence-electron chi connectivity index (χ1n) is 9.64. The molecule has 6 nitrogen and oxygen atoms in total. The zero-order chi connectivity index (χ0) is 21.3. The minimum absolute atomic E-state index is 0.119. The lowest BCUT2D eigenvalue weighted by Crippen LogP contribution is -2.13. The molecule has 0 aromatic carbocycles. The number of rotatable bonds is 2. The van der Waals surface area contributed by atoms with Crippen molar-refractivity contribution in [3.05, 3.63) is 59.1 Å². The van der Waals surface area contributed by atoms with Gasteiger partial charge >= 0.3 is 0 Å². The van der Waals surface area contributed by atoms with Gasteiger partial charge < -0.3 is 9.05 Å². The first kappa shape index (κ1) is 23.5. The van der Waals surface area contributed by atoms with Crippen molar-refractivity contribution < 1.29 is 9.05 Å². The molecule has 6 heteroatoms. The van der Waals surface area contributed by atoms with Gasteiger partial charge in [0.1, 0.15) is 12.0 Å². The van der Waals surface area contributed by atoms with Crippen molar-refractivity contribution >= 4 is 0 Å². The van der Waals surface area contributed by atoms with E-state index < -0.39 is 0 Å². The van der Waals surface area contributed by atoms with E-state index in [1.807, 2.05) is 26.0 Å². The number of hydrogen-bond donors (Lipinski definition) is 0. The molecule has 154 valence electrons. The van der Waals surface area contributed by atoms with Crippen molar-refractivity contribution in [2.75, 3.05) is 0 Å². The van der Waals surface area contributed by atoms with Gasteiger partial charge in [-0.2, -0.15) is 10.2 Å². The lowest BCUT2D eigenvalue weighted by Gasteiger charge is -2.15. The van der Waals surface area contributed by atoms with E-state index in [4.69, 9.17) is 9.05 Å². The van der Waals surface area contributed by atoms with Crippen LogP contribution in [0.4, 0.5) is 0 Å². The van der Waals surface area contributed by atoms with Gasteiger partial charge in [0, 0.05) is 22.7 Å². The number of aryl methyl sites for hydroxylation is 2. The van der Waals surface area contributed by atoms with E-state index in [1.165, 1.54) is 11.1 Å². The van der Waals surface area contributed by atoms with Crippen molar-refractivity contribution in [3.8, 4) is 0 Å². The lowest BCUT2D eigenvalue weighted by molar-refractivity contribution is 0.395. The van der Waals surface area contributed by atoms with E-state index in [1.54, 1.807) is 18.7 Å². The molecule has 0 aliphatic carbocycles. The maximum atomic E-state index is 4.88. The summed E-state index contributed by atoms with van der Waals surface area (Å²) in [6.45, 7) is 18.8. The molecule has 0 spiro atoms. The molecular weight excluding hydrogens is 352 g/mol. The van der Waals surface area contributed by atoms with Crippen LogP contribution in [0.25, 0.3) is 0 Å². The Balaban J connectivity index is 0.000000210. The second-order valence-corrected chi connectivity index (χ2v) is 8.36. The largest absolute Gasteiger partial charge is 0.364 e. The fourth-order valence-corrected chi connectivity index (χ4v) is 2.42. The van der Waals surface area contributed by atoms with Crippen LogP contribution in [0.1, 0.15) is 88.6 Å². The molecule has 0 bridgehead atoms. The van der Waals surface area contributed by atoms with Crippen LogP contribution in [0.15, 0.2) is 39.8 Å². The molecule has 0 unspecified atom stereocenters. The van der Waals surface area contributed by atoms with Crippen LogP contribution in [0, 0.1) is 13.8 Å². The molecule has 3 aromatic heterocycles. The predicted octanol–water partition coefficient (Wildman–Crippen LogP) is 5.99. The highest BCUT2D eigenvalue weighted by Gasteiger charge is 2.14. The van der Waals surface area contributed by atoms with Gasteiger partial charge in [-0.3, -0.25) is 0 Å². The second-order valence-electron chi connectivity index (χ2n) is 8.36. The van der Waals surface area contributed by atoms with E-state index >= 15 is 0 Å². The molecule has 0 fully saturated rings. The second kappa shape index (κ2) is 10.7. The third kappa shape index (κ3) is 7.62. The summed E-state index contributed by atoms with van der Waals surface area (Å²) >= 11 is 0. The summed E-state index contributed by atoms with van der Waals surface area (Å²) in [7, 11) is 0.